The largest absolute Gasteiger partial charge is 0.399 e. The van der Waals surface area contributed by atoms with Crippen molar-refractivity contribution in [1.29, 1.82) is 0 Å². The van der Waals surface area contributed by atoms with Gasteiger partial charge in [-0.2, -0.15) is 0 Å². The van der Waals surface area contributed by atoms with Crippen LogP contribution in [-0.2, 0) is 4.57 Å². The third-order valence-corrected chi connectivity index (χ3v) is 4.01. The first-order valence-electron chi connectivity index (χ1n) is 5.31. The Labute approximate surface area is 106 Å². The number of benzene rings is 1. The average Bonchev–Trinajstić information content (AvgIpc) is 2.29. The molecule has 0 aliphatic rings. The van der Waals surface area contributed by atoms with Crippen molar-refractivity contribution in [3.05, 3.63) is 38.9 Å². The van der Waals surface area contributed by atoms with Gasteiger partial charge >= 0.3 is 18.7 Å². The van der Waals surface area contributed by atoms with Crippen molar-refractivity contribution < 1.29 is 14.4 Å². The van der Waals surface area contributed by atoms with Gasteiger partial charge in [0.15, 0.2) is 0 Å². The monoisotopic (exact) mass is 285 g/mol. The van der Waals surface area contributed by atoms with Crippen LogP contribution >= 0.6 is 7.60 Å². The van der Waals surface area contributed by atoms with E-state index in [1.165, 1.54) is 25.1 Å². The van der Waals surface area contributed by atoms with Crippen molar-refractivity contribution in [3.8, 4) is 0 Å². The molecule has 8 nitrogen and oxygen atoms in total. The Morgan fingerprint density at radius 2 is 2.00 bits per heavy atom. The quantitative estimate of drug-likeness (QED) is 0.347. The van der Waals surface area contributed by atoms with Gasteiger partial charge in [0, 0.05) is 5.69 Å². The number of nitrogens with one attached hydrogen (secondary N) is 1. The Balaban J connectivity index is 2.93. The van der Waals surface area contributed by atoms with Crippen molar-refractivity contribution >= 4 is 24.3 Å². The van der Waals surface area contributed by atoms with E-state index in [9.17, 15) is 23.9 Å². The predicted octanol–water partition coefficient (Wildman–Crippen LogP) is -0.0318. The van der Waals surface area contributed by atoms with Gasteiger partial charge in [-0.1, -0.05) is 0 Å². The summed E-state index contributed by atoms with van der Waals surface area (Å²) in [5.74, 6) is -1.44. The van der Waals surface area contributed by atoms with Crippen LogP contribution in [0, 0.1) is 0 Å². The van der Waals surface area contributed by atoms with E-state index >= 15 is 0 Å². The molecule has 1 aromatic heterocycles. The lowest BCUT2D eigenvalue weighted by Crippen LogP contribution is -2.37. The zero-order valence-electron chi connectivity index (χ0n) is 9.90. The zero-order valence-corrected chi connectivity index (χ0v) is 10.8. The molecule has 2 rings (SSSR count). The topological polar surface area (TPSA) is 138 Å². The number of rotatable bonds is 2. The van der Waals surface area contributed by atoms with Crippen LogP contribution in [0.4, 0.5) is 5.69 Å². The Bertz CT molecular complexity index is 803. The van der Waals surface area contributed by atoms with Gasteiger partial charge in [0.25, 0.3) is 0 Å². The summed E-state index contributed by atoms with van der Waals surface area (Å²) in [4.78, 5) is 44.0. The van der Waals surface area contributed by atoms with E-state index in [2.05, 4.69) is 4.98 Å². The summed E-state index contributed by atoms with van der Waals surface area (Å²) in [6, 6.07) is 4.32. The van der Waals surface area contributed by atoms with Gasteiger partial charge in [-0.3, -0.25) is 18.7 Å². The molecule has 2 aromatic rings. The second-order valence-corrected chi connectivity index (χ2v) is 6.05. The van der Waals surface area contributed by atoms with Crippen LogP contribution in [0.5, 0.6) is 0 Å². The Morgan fingerprint density at radius 1 is 1.37 bits per heavy atom. The first kappa shape index (κ1) is 13.5. The molecule has 19 heavy (non-hydrogen) atoms. The van der Waals surface area contributed by atoms with Crippen molar-refractivity contribution in [2.45, 2.75) is 12.7 Å². The third kappa shape index (κ3) is 2.33. The van der Waals surface area contributed by atoms with Crippen molar-refractivity contribution in [2.24, 2.45) is 0 Å². The highest BCUT2D eigenvalue weighted by atomic mass is 31.2. The Hall–Kier alpha value is -1.89. The molecule has 9 heteroatoms. The van der Waals surface area contributed by atoms with Crippen LogP contribution in [0.2, 0.25) is 0 Å². The molecule has 0 fully saturated rings. The third-order valence-electron chi connectivity index (χ3n) is 2.80. The summed E-state index contributed by atoms with van der Waals surface area (Å²) in [6.45, 7) is 1.18. The fourth-order valence-electron chi connectivity index (χ4n) is 1.78. The van der Waals surface area contributed by atoms with Gasteiger partial charge in [-0.05, 0) is 25.1 Å². The molecule has 1 aromatic carbocycles. The lowest BCUT2D eigenvalue weighted by atomic mass is 10.2. The SMILES string of the molecule is CC(n1c(=O)c(=O)[nH]c2cc(N)ccc21)P(=O)(O)O. The highest BCUT2D eigenvalue weighted by Gasteiger charge is 2.28. The summed E-state index contributed by atoms with van der Waals surface area (Å²) in [5.41, 5.74) is 4.38. The first-order chi connectivity index (χ1) is 8.71. The van der Waals surface area contributed by atoms with E-state index < -0.39 is 24.5 Å². The Morgan fingerprint density at radius 3 is 2.58 bits per heavy atom. The van der Waals surface area contributed by atoms with Crippen LogP contribution in [0.3, 0.4) is 0 Å². The molecule has 0 radical (unpaired) electrons. The minimum absolute atomic E-state index is 0.203. The average molecular weight is 285 g/mol. The molecule has 5 N–H and O–H groups in total. The van der Waals surface area contributed by atoms with Crippen LogP contribution in [-0.4, -0.2) is 19.3 Å². The first-order valence-corrected chi connectivity index (χ1v) is 6.99. The fourth-order valence-corrected chi connectivity index (χ4v) is 2.31. The number of nitrogen functional groups attached to an aromatic ring is 1. The highest BCUT2D eigenvalue weighted by molar-refractivity contribution is 7.51. The molecule has 0 spiro atoms. The van der Waals surface area contributed by atoms with Crippen LogP contribution in [0.1, 0.15) is 12.7 Å². The zero-order chi connectivity index (χ0) is 14.4. The number of hydrogen-bond acceptors (Lipinski definition) is 4. The fraction of sp³-hybridized carbons (Fsp3) is 0.200. The maximum absolute atomic E-state index is 11.8. The Kier molecular flexibility index (Phi) is 3.09. The summed E-state index contributed by atoms with van der Waals surface area (Å²) >= 11 is 0. The molecule has 0 aliphatic carbocycles. The summed E-state index contributed by atoms with van der Waals surface area (Å²) in [5, 5.41) is 0. The van der Waals surface area contributed by atoms with Crippen molar-refractivity contribution in [3.63, 3.8) is 0 Å². The molecule has 0 saturated heterocycles. The molecule has 0 amide bonds. The predicted molar refractivity (Wildman–Crippen MR) is 70.0 cm³/mol. The van der Waals surface area contributed by atoms with Gasteiger partial charge in [-0.15, -0.1) is 0 Å². The molecule has 102 valence electrons. The van der Waals surface area contributed by atoms with E-state index in [0.717, 1.165) is 4.57 Å². The maximum atomic E-state index is 11.8. The number of aromatic amines is 1. The molecular weight excluding hydrogens is 273 g/mol. The second kappa shape index (κ2) is 4.34. The van der Waals surface area contributed by atoms with Crippen LogP contribution in [0.25, 0.3) is 11.0 Å². The number of nitrogens with zero attached hydrogens (tertiary/aromatic N) is 1. The van der Waals surface area contributed by atoms with Gasteiger partial charge in [0.2, 0.25) is 0 Å². The molecule has 0 aliphatic heterocycles. The second-order valence-electron chi connectivity index (χ2n) is 4.13. The summed E-state index contributed by atoms with van der Waals surface area (Å²) in [7, 11) is -4.56. The van der Waals surface area contributed by atoms with Crippen molar-refractivity contribution in [2.75, 3.05) is 5.73 Å². The van der Waals surface area contributed by atoms with Crippen molar-refractivity contribution in [1.82, 2.24) is 9.55 Å². The smallest absolute Gasteiger partial charge is 0.347 e. The van der Waals surface area contributed by atoms with E-state index in [0.29, 0.717) is 5.69 Å². The van der Waals surface area contributed by atoms with Gasteiger partial charge in [0.1, 0.15) is 5.78 Å². The van der Waals surface area contributed by atoms with E-state index in [1.54, 1.807) is 0 Å². The number of fused-ring (bicyclic) bond motifs is 1. The number of H-pyrrole nitrogens is 1. The highest BCUT2D eigenvalue weighted by Crippen LogP contribution is 2.48. The lowest BCUT2D eigenvalue weighted by molar-refractivity contribution is 0.346. The molecule has 1 unspecified atom stereocenters. The van der Waals surface area contributed by atoms with E-state index in [4.69, 9.17) is 5.73 Å². The number of nitrogens with two attached hydrogens (primary N) is 1. The molecule has 1 atom stereocenters. The minimum atomic E-state index is -4.56. The minimum Gasteiger partial charge on any atom is -0.399 e. The molecule has 0 saturated carbocycles. The number of aromatic nitrogens is 2. The normalized spacial score (nSPS) is 13.6. The summed E-state index contributed by atoms with van der Waals surface area (Å²) < 4.78 is 12.1. The standard InChI is InChI=1S/C10H12N3O5P/c1-5(19(16,17)18)13-8-3-2-6(11)4-7(8)12-9(14)10(13)15/h2-5H,11H2,1H3,(H,12,14)(H2,16,17,18). The van der Waals surface area contributed by atoms with E-state index in [-0.39, 0.29) is 11.0 Å². The molecular formula is C10H12N3O5P. The molecule has 1 heterocycles. The van der Waals surface area contributed by atoms with Crippen LogP contribution in [0.15, 0.2) is 27.8 Å². The van der Waals surface area contributed by atoms with Gasteiger partial charge < -0.3 is 20.5 Å². The lowest BCUT2D eigenvalue weighted by Gasteiger charge is -2.18. The van der Waals surface area contributed by atoms with E-state index in [1.807, 2.05) is 0 Å². The maximum Gasteiger partial charge on any atom is 0.347 e. The summed E-state index contributed by atoms with van der Waals surface area (Å²) in [6.07, 6.45) is 0. The number of anilines is 1. The van der Waals surface area contributed by atoms with Crippen LogP contribution < -0.4 is 16.9 Å². The number of hydrogen-bond donors (Lipinski definition) is 4. The van der Waals surface area contributed by atoms with Gasteiger partial charge in [-0.25, -0.2) is 0 Å². The molecule has 0 bridgehead atoms. The van der Waals surface area contributed by atoms with Gasteiger partial charge in [0.05, 0.1) is 11.0 Å².